The number of benzene rings is 1. The lowest BCUT2D eigenvalue weighted by Crippen LogP contribution is -2.45. The number of amides is 1. The average Bonchev–Trinajstić information content (AvgIpc) is 2.75. The maximum atomic E-state index is 13.0. The molecule has 4 rings (SSSR count). The molecule has 2 aliphatic heterocycles. The van der Waals surface area contributed by atoms with E-state index in [4.69, 9.17) is 9.72 Å². The number of nitrogens with one attached hydrogen (secondary N) is 1. The maximum absolute atomic E-state index is 13.0. The predicted molar refractivity (Wildman–Crippen MR) is 112 cm³/mol. The first-order valence-corrected chi connectivity index (χ1v) is 10.6. The fraction of sp³-hybridized carbons (Fsp3) is 0.522. The summed E-state index contributed by atoms with van der Waals surface area (Å²) in [6, 6.07) is 6.04. The van der Waals surface area contributed by atoms with Crippen LogP contribution in [0, 0.1) is 13.8 Å². The summed E-state index contributed by atoms with van der Waals surface area (Å²) >= 11 is 0. The molecule has 29 heavy (non-hydrogen) atoms. The highest BCUT2D eigenvalue weighted by Crippen LogP contribution is 2.27. The van der Waals surface area contributed by atoms with Crippen molar-refractivity contribution < 1.29 is 9.53 Å². The highest BCUT2D eigenvalue weighted by atomic mass is 16.5. The van der Waals surface area contributed by atoms with Crippen LogP contribution in [-0.2, 0) is 17.8 Å². The molecular weight excluding hydrogens is 364 g/mol. The molecule has 1 aromatic carbocycles. The van der Waals surface area contributed by atoms with Crippen molar-refractivity contribution in [3.05, 3.63) is 52.6 Å². The van der Waals surface area contributed by atoms with Crippen molar-refractivity contribution in [1.82, 2.24) is 20.2 Å². The lowest BCUT2D eigenvalue weighted by atomic mass is 9.96. The number of hydrogen-bond donors (Lipinski definition) is 1. The van der Waals surface area contributed by atoms with E-state index in [9.17, 15) is 4.79 Å². The van der Waals surface area contributed by atoms with E-state index in [-0.39, 0.29) is 11.8 Å². The molecule has 1 fully saturated rings. The Morgan fingerprint density at radius 2 is 2.21 bits per heavy atom. The third-order valence-electron chi connectivity index (χ3n) is 5.91. The second-order valence-corrected chi connectivity index (χ2v) is 8.28. The first-order chi connectivity index (χ1) is 14.0. The summed E-state index contributed by atoms with van der Waals surface area (Å²) in [5.41, 5.74) is 4.59. The zero-order valence-corrected chi connectivity index (χ0v) is 17.6. The molecule has 0 bridgehead atoms. The maximum Gasteiger partial charge on any atom is 0.263 e. The molecule has 2 aromatic rings. The fourth-order valence-electron chi connectivity index (χ4n) is 4.27. The van der Waals surface area contributed by atoms with Gasteiger partial charge in [0.05, 0.1) is 0 Å². The summed E-state index contributed by atoms with van der Waals surface area (Å²) < 4.78 is 6.00. The minimum absolute atomic E-state index is 0.0387. The lowest BCUT2D eigenvalue weighted by Gasteiger charge is -2.34. The van der Waals surface area contributed by atoms with E-state index in [0.29, 0.717) is 6.54 Å². The fourth-order valence-corrected chi connectivity index (χ4v) is 4.27. The molecule has 0 spiro atoms. The SMILES string of the molecule is Cc1ccc(O[C@@H](C)C(=O)N2CCC[C@H](c3ncc4c(n3)CCNC4)C2)c(C)c1. The van der Waals surface area contributed by atoms with Gasteiger partial charge in [0, 0.05) is 56.0 Å². The summed E-state index contributed by atoms with van der Waals surface area (Å²) in [4.78, 5) is 24.4. The van der Waals surface area contributed by atoms with Gasteiger partial charge >= 0.3 is 0 Å². The number of nitrogens with zero attached hydrogens (tertiary/aromatic N) is 3. The number of aromatic nitrogens is 2. The molecule has 2 atom stereocenters. The van der Waals surface area contributed by atoms with E-state index >= 15 is 0 Å². The number of carbonyl (C=O) groups is 1. The minimum Gasteiger partial charge on any atom is -0.481 e. The van der Waals surface area contributed by atoms with Crippen LogP contribution in [0.3, 0.4) is 0 Å². The zero-order valence-electron chi connectivity index (χ0n) is 17.6. The lowest BCUT2D eigenvalue weighted by molar-refractivity contribution is -0.139. The van der Waals surface area contributed by atoms with Gasteiger partial charge in [0.25, 0.3) is 5.91 Å². The third kappa shape index (κ3) is 4.42. The van der Waals surface area contributed by atoms with Gasteiger partial charge in [-0.2, -0.15) is 0 Å². The third-order valence-corrected chi connectivity index (χ3v) is 5.91. The van der Waals surface area contributed by atoms with Gasteiger partial charge in [-0.3, -0.25) is 4.79 Å². The first kappa shape index (κ1) is 19.8. The normalized spacial score (nSPS) is 20.1. The van der Waals surface area contributed by atoms with Crippen LogP contribution < -0.4 is 10.1 Å². The molecule has 0 unspecified atom stereocenters. The standard InChI is InChI=1S/C23H30N4O2/c1-15-6-7-21(16(2)11-15)29-17(3)23(28)27-10-4-5-18(14-27)22-25-13-19-12-24-9-8-20(19)26-22/h6-7,11,13,17-18,24H,4-5,8-10,12,14H2,1-3H3/t17-,18-/m0/s1. The van der Waals surface area contributed by atoms with Crippen molar-refractivity contribution in [2.75, 3.05) is 19.6 Å². The van der Waals surface area contributed by atoms with Gasteiger partial charge in [0.1, 0.15) is 11.6 Å². The van der Waals surface area contributed by atoms with Crippen molar-refractivity contribution in [1.29, 1.82) is 0 Å². The number of rotatable bonds is 4. The van der Waals surface area contributed by atoms with E-state index in [1.807, 2.05) is 37.1 Å². The van der Waals surface area contributed by atoms with Gasteiger partial charge in [0.2, 0.25) is 0 Å². The van der Waals surface area contributed by atoms with E-state index < -0.39 is 6.10 Å². The van der Waals surface area contributed by atoms with Crippen LogP contribution in [0.5, 0.6) is 5.75 Å². The summed E-state index contributed by atoms with van der Waals surface area (Å²) in [5.74, 6) is 1.89. The second kappa shape index (κ2) is 8.49. The molecule has 1 saturated heterocycles. The molecular formula is C23H30N4O2. The van der Waals surface area contributed by atoms with Crippen LogP contribution in [0.25, 0.3) is 0 Å². The molecule has 2 aliphatic rings. The first-order valence-electron chi connectivity index (χ1n) is 10.6. The predicted octanol–water partition coefficient (Wildman–Crippen LogP) is 2.91. The van der Waals surface area contributed by atoms with Crippen LogP contribution in [0.15, 0.2) is 24.4 Å². The van der Waals surface area contributed by atoms with Gasteiger partial charge in [-0.1, -0.05) is 17.7 Å². The molecule has 1 N–H and O–H groups in total. The molecule has 3 heterocycles. The molecule has 6 nitrogen and oxygen atoms in total. The summed E-state index contributed by atoms with van der Waals surface area (Å²) in [5, 5.41) is 3.35. The Hall–Kier alpha value is -2.47. The van der Waals surface area contributed by atoms with Crippen molar-refractivity contribution in [3.63, 3.8) is 0 Å². The Morgan fingerprint density at radius 3 is 3.03 bits per heavy atom. The Labute approximate surface area is 172 Å². The van der Waals surface area contributed by atoms with Crippen molar-refractivity contribution >= 4 is 5.91 Å². The number of fused-ring (bicyclic) bond motifs is 1. The number of hydrogen-bond acceptors (Lipinski definition) is 5. The average molecular weight is 395 g/mol. The molecule has 0 aliphatic carbocycles. The van der Waals surface area contributed by atoms with Crippen molar-refractivity contribution in [3.8, 4) is 5.75 Å². The number of aryl methyl sites for hydroxylation is 2. The zero-order chi connectivity index (χ0) is 20.4. The molecule has 1 aromatic heterocycles. The van der Waals surface area contributed by atoms with E-state index in [2.05, 4.69) is 23.3 Å². The molecule has 154 valence electrons. The van der Waals surface area contributed by atoms with Gasteiger partial charge in [-0.25, -0.2) is 9.97 Å². The highest BCUT2D eigenvalue weighted by molar-refractivity contribution is 5.81. The summed E-state index contributed by atoms with van der Waals surface area (Å²) in [6.07, 6.45) is 4.38. The minimum atomic E-state index is -0.509. The monoisotopic (exact) mass is 394 g/mol. The van der Waals surface area contributed by atoms with Gasteiger partial charge < -0.3 is 15.0 Å². The highest BCUT2D eigenvalue weighted by Gasteiger charge is 2.30. The molecule has 0 radical (unpaired) electrons. The van der Waals surface area contributed by atoms with Crippen LogP contribution in [0.1, 0.15) is 53.9 Å². The smallest absolute Gasteiger partial charge is 0.263 e. The molecule has 6 heteroatoms. The van der Waals surface area contributed by atoms with Crippen molar-refractivity contribution in [2.45, 2.75) is 58.6 Å². The summed E-state index contributed by atoms with van der Waals surface area (Å²) in [7, 11) is 0. The van der Waals surface area contributed by atoms with E-state index in [1.54, 1.807) is 0 Å². The van der Waals surface area contributed by atoms with Crippen LogP contribution in [-0.4, -0.2) is 46.5 Å². The Morgan fingerprint density at radius 1 is 1.34 bits per heavy atom. The molecule has 1 amide bonds. The molecule has 0 saturated carbocycles. The van der Waals surface area contributed by atoms with E-state index in [0.717, 1.165) is 61.7 Å². The number of ether oxygens (including phenoxy) is 1. The van der Waals surface area contributed by atoms with Crippen LogP contribution in [0.4, 0.5) is 0 Å². The van der Waals surface area contributed by atoms with Gasteiger partial charge in [-0.15, -0.1) is 0 Å². The Kier molecular flexibility index (Phi) is 5.81. The van der Waals surface area contributed by atoms with Gasteiger partial charge in [-0.05, 0) is 45.2 Å². The second-order valence-electron chi connectivity index (χ2n) is 8.28. The van der Waals surface area contributed by atoms with E-state index in [1.165, 1.54) is 11.1 Å². The Balaban J connectivity index is 1.43. The van der Waals surface area contributed by atoms with Crippen LogP contribution >= 0.6 is 0 Å². The largest absolute Gasteiger partial charge is 0.481 e. The number of piperidine rings is 1. The van der Waals surface area contributed by atoms with Gasteiger partial charge in [0.15, 0.2) is 6.10 Å². The summed E-state index contributed by atoms with van der Waals surface area (Å²) in [6.45, 7) is 9.15. The van der Waals surface area contributed by atoms with Crippen molar-refractivity contribution in [2.24, 2.45) is 0 Å². The quantitative estimate of drug-likeness (QED) is 0.864. The number of likely N-dealkylation sites (tertiary alicyclic amines) is 1. The Bertz CT molecular complexity index is 898. The van der Waals surface area contributed by atoms with Crippen LogP contribution in [0.2, 0.25) is 0 Å². The topological polar surface area (TPSA) is 67.3 Å². The number of carbonyl (C=O) groups excluding carboxylic acids is 1.